The first-order chi connectivity index (χ1) is 7.86. The molecule has 92 valence electrons. The third-order valence-electron chi connectivity index (χ3n) is 2.15. The molecule has 0 heterocycles. The molecule has 0 unspecified atom stereocenters. The third kappa shape index (κ3) is 3.35. The predicted octanol–water partition coefficient (Wildman–Crippen LogP) is 1.35. The molecule has 0 saturated carbocycles. The van der Waals surface area contributed by atoms with Gasteiger partial charge in [-0.05, 0) is 12.1 Å². The van der Waals surface area contributed by atoms with Crippen LogP contribution in [0.25, 0.3) is 0 Å². The molecular weight excluding hydrogens is 246 g/mol. The summed E-state index contributed by atoms with van der Waals surface area (Å²) in [4.78, 5) is 20.8. The lowest BCUT2D eigenvalue weighted by Crippen LogP contribution is -2.15. The zero-order valence-electron chi connectivity index (χ0n) is 9.12. The summed E-state index contributed by atoms with van der Waals surface area (Å²) in [6, 6.07) is 4.47. The molecule has 0 atom stereocenters. The maximum atomic E-state index is 11.7. The predicted molar refractivity (Wildman–Crippen MR) is 60.4 cm³/mol. The normalized spacial score (nSPS) is 11.1. The van der Waals surface area contributed by atoms with Gasteiger partial charge in [0.1, 0.15) is 11.5 Å². The number of non-ortho nitro benzene ring substituents is 1. The van der Waals surface area contributed by atoms with E-state index in [0.29, 0.717) is 0 Å². The van der Waals surface area contributed by atoms with E-state index in [-0.39, 0.29) is 22.8 Å². The van der Waals surface area contributed by atoms with Crippen molar-refractivity contribution in [2.45, 2.75) is 18.2 Å². The van der Waals surface area contributed by atoms with Crippen LogP contribution in [0.2, 0.25) is 0 Å². The first-order valence-electron chi connectivity index (χ1n) is 4.85. The van der Waals surface area contributed by atoms with E-state index in [1.165, 1.54) is 0 Å². The fourth-order valence-corrected chi connectivity index (χ4v) is 2.52. The Morgan fingerprint density at radius 3 is 2.24 bits per heavy atom. The smallest absolute Gasteiger partial charge is 0.269 e. The largest absolute Gasteiger partial charge is 0.299 e. The maximum Gasteiger partial charge on any atom is 0.269 e. The topological polar surface area (TPSA) is 94.3 Å². The van der Waals surface area contributed by atoms with Gasteiger partial charge in [-0.15, -0.1) is 0 Å². The van der Waals surface area contributed by atoms with Crippen LogP contribution in [0.15, 0.2) is 29.2 Å². The van der Waals surface area contributed by atoms with Crippen molar-refractivity contribution in [3.63, 3.8) is 0 Å². The van der Waals surface area contributed by atoms with Gasteiger partial charge in [0.2, 0.25) is 0 Å². The number of sulfone groups is 1. The average Bonchev–Trinajstić information content (AvgIpc) is 2.28. The minimum absolute atomic E-state index is 0.0788. The molecule has 7 heteroatoms. The molecular formula is C10H11NO5S. The quantitative estimate of drug-likeness (QED) is 0.586. The lowest BCUT2D eigenvalue weighted by atomic mass is 10.3. The van der Waals surface area contributed by atoms with Crippen molar-refractivity contribution in [2.75, 3.05) is 5.75 Å². The van der Waals surface area contributed by atoms with Gasteiger partial charge < -0.3 is 0 Å². The Balaban J connectivity index is 3.00. The van der Waals surface area contributed by atoms with Crippen molar-refractivity contribution in [3.8, 4) is 0 Å². The second kappa shape index (κ2) is 5.05. The van der Waals surface area contributed by atoms with Crippen LogP contribution in [0.3, 0.4) is 0 Å². The second-order valence-electron chi connectivity index (χ2n) is 3.40. The number of nitro benzene ring substituents is 1. The van der Waals surface area contributed by atoms with Crippen molar-refractivity contribution in [1.82, 2.24) is 0 Å². The Hall–Kier alpha value is -1.76. The van der Waals surface area contributed by atoms with E-state index in [1.54, 1.807) is 6.92 Å². The highest BCUT2D eigenvalue weighted by molar-refractivity contribution is 7.92. The van der Waals surface area contributed by atoms with Crippen LogP contribution in [0.4, 0.5) is 5.69 Å². The molecule has 6 nitrogen and oxygen atoms in total. The molecule has 0 fully saturated rings. The fraction of sp³-hybridized carbons (Fsp3) is 0.300. The average molecular weight is 257 g/mol. The van der Waals surface area contributed by atoms with Gasteiger partial charge in [0.15, 0.2) is 9.84 Å². The Bertz CT molecular complexity index is 532. The molecule has 17 heavy (non-hydrogen) atoms. The number of carbonyl (C=O) groups is 1. The van der Waals surface area contributed by atoms with Gasteiger partial charge in [-0.25, -0.2) is 8.42 Å². The Kier molecular flexibility index (Phi) is 3.95. The minimum Gasteiger partial charge on any atom is -0.299 e. The third-order valence-corrected chi connectivity index (χ3v) is 3.84. The van der Waals surface area contributed by atoms with Crippen molar-refractivity contribution in [2.24, 2.45) is 0 Å². The Labute approximate surface area is 98.3 Å². The monoisotopic (exact) mass is 257 g/mol. The molecule has 0 bridgehead atoms. The van der Waals surface area contributed by atoms with Crippen molar-refractivity contribution < 1.29 is 18.1 Å². The number of ketones is 1. The van der Waals surface area contributed by atoms with Gasteiger partial charge in [0.25, 0.3) is 5.69 Å². The number of Topliss-reactive ketones (excluding diaryl/α,β-unsaturated/α-hetero) is 1. The highest BCUT2D eigenvalue weighted by Gasteiger charge is 2.19. The Morgan fingerprint density at radius 1 is 1.29 bits per heavy atom. The van der Waals surface area contributed by atoms with Crippen LogP contribution in [-0.2, 0) is 14.6 Å². The summed E-state index contributed by atoms with van der Waals surface area (Å²) in [7, 11) is -3.69. The fourth-order valence-electron chi connectivity index (χ4n) is 1.17. The molecule has 0 spiro atoms. The molecule has 0 N–H and O–H groups in total. The van der Waals surface area contributed by atoms with Gasteiger partial charge in [-0.2, -0.15) is 0 Å². The molecule has 0 amide bonds. The molecule has 1 rings (SSSR count). The van der Waals surface area contributed by atoms with E-state index in [2.05, 4.69) is 0 Å². The number of hydrogen-bond acceptors (Lipinski definition) is 5. The standard InChI is InChI=1S/C10H11NO5S/c1-2-9(12)7-17(15,16)10-5-3-8(4-6-10)11(13)14/h3-6H,2,7H2,1H3. The van der Waals surface area contributed by atoms with Crippen LogP contribution in [0.1, 0.15) is 13.3 Å². The number of hydrogen-bond donors (Lipinski definition) is 0. The van der Waals surface area contributed by atoms with Gasteiger partial charge in [-0.3, -0.25) is 14.9 Å². The zero-order chi connectivity index (χ0) is 13.1. The summed E-state index contributed by atoms with van der Waals surface area (Å²) >= 11 is 0. The molecule has 0 aromatic heterocycles. The van der Waals surface area contributed by atoms with Gasteiger partial charge in [0.05, 0.1) is 9.82 Å². The number of nitro groups is 1. The lowest BCUT2D eigenvalue weighted by molar-refractivity contribution is -0.384. The van der Waals surface area contributed by atoms with E-state index in [9.17, 15) is 23.3 Å². The molecule has 0 aliphatic rings. The number of nitrogens with zero attached hydrogens (tertiary/aromatic N) is 1. The Morgan fingerprint density at radius 2 is 1.82 bits per heavy atom. The number of carbonyl (C=O) groups excluding carboxylic acids is 1. The van der Waals surface area contributed by atoms with Crippen LogP contribution in [0.5, 0.6) is 0 Å². The van der Waals surface area contributed by atoms with Gasteiger partial charge >= 0.3 is 0 Å². The second-order valence-corrected chi connectivity index (χ2v) is 5.39. The zero-order valence-corrected chi connectivity index (χ0v) is 9.94. The first kappa shape index (κ1) is 13.3. The van der Waals surface area contributed by atoms with E-state index in [1.807, 2.05) is 0 Å². The van der Waals surface area contributed by atoms with Crippen LogP contribution >= 0.6 is 0 Å². The van der Waals surface area contributed by atoms with Crippen LogP contribution < -0.4 is 0 Å². The molecule has 1 aromatic rings. The highest BCUT2D eigenvalue weighted by atomic mass is 32.2. The summed E-state index contributed by atoms with van der Waals surface area (Å²) in [5.41, 5.74) is -0.189. The van der Waals surface area contributed by atoms with E-state index < -0.39 is 20.5 Å². The van der Waals surface area contributed by atoms with Crippen molar-refractivity contribution in [1.29, 1.82) is 0 Å². The SMILES string of the molecule is CCC(=O)CS(=O)(=O)c1ccc([N+](=O)[O-])cc1. The maximum absolute atomic E-state index is 11.7. The van der Waals surface area contributed by atoms with E-state index >= 15 is 0 Å². The molecule has 0 aliphatic heterocycles. The molecule has 0 saturated heterocycles. The summed E-state index contributed by atoms with van der Waals surface area (Å²) in [6.45, 7) is 1.58. The van der Waals surface area contributed by atoms with Gasteiger partial charge in [-0.1, -0.05) is 6.92 Å². The van der Waals surface area contributed by atoms with Gasteiger partial charge in [0, 0.05) is 18.6 Å². The lowest BCUT2D eigenvalue weighted by Gasteiger charge is -2.02. The van der Waals surface area contributed by atoms with Crippen molar-refractivity contribution >= 4 is 21.3 Å². The molecule has 1 aromatic carbocycles. The summed E-state index contributed by atoms with van der Waals surface area (Å²) in [5.74, 6) is -0.954. The number of rotatable bonds is 5. The minimum atomic E-state index is -3.69. The summed E-state index contributed by atoms with van der Waals surface area (Å²) in [5, 5.41) is 10.4. The number of benzene rings is 1. The summed E-state index contributed by atoms with van der Waals surface area (Å²) in [6.07, 6.45) is 0.145. The molecule has 0 aliphatic carbocycles. The highest BCUT2D eigenvalue weighted by Crippen LogP contribution is 2.17. The van der Waals surface area contributed by atoms with Crippen molar-refractivity contribution in [3.05, 3.63) is 34.4 Å². The van der Waals surface area contributed by atoms with E-state index in [4.69, 9.17) is 0 Å². The first-order valence-corrected chi connectivity index (χ1v) is 6.51. The van der Waals surface area contributed by atoms with Crippen LogP contribution in [0, 0.1) is 10.1 Å². The van der Waals surface area contributed by atoms with Crippen LogP contribution in [-0.4, -0.2) is 24.9 Å². The molecule has 0 radical (unpaired) electrons. The summed E-state index contributed by atoms with van der Waals surface area (Å²) < 4.78 is 23.4. The van der Waals surface area contributed by atoms with E-state index in [0.717, 1.165) is 24.3 Å².